The number of hydrogen-bond acceptors (Lipinski definition) is 2. The normalized spacial score (nSPS) is 11.7. The van der Waals surface area contributed by atoms with Crippen LogP contribution in [0.5, 0.6) is 0 Å². The lowest BCUT2D eigenvalue weighted by Crippen LogP contribution is -2.38. The minimum Gasteiger partial charge on any atom is -0.338 e. The van der Waals surface area contributed by atoms with E-state index in [0.717, 1.165) is 16.5 Å². The van der Waals surface area contributed by atoms with Crippen LogP contribution in [0.3, 0.4) is 0 Å². The summed E-state index contributed by atoms with van der Waals surface area (Å²) in [5.41, 5.74) is 2.21. The van der Waals surface area contributed by atoms with E-state index in [4.69, 9.17) is 0 Å². The van der Waals surface area contributed by atoms with E-state index in [1.54, 1.807) is 12.4 Å². The van der Waals surface area contributed by atoms with Gasteiger partial charge in [0.2, 0.25) is 0 Å². The number of benzene rings is 1. The number of aromatic nitrogens is 1. The first-order valence-electron chi connectivity index (χ1n) is 6.84. The second kappa shape index (κ2) is 7.78. The van der Waals surface area contributed by atoms with Crippen molar-refractivity contribution in [3.8, 4) is 0 Å². The maximum absolute atomic E-state index is 11.9. The van der Waals surface area contributed by atoms with Crippen LogP contribution in [0, 0.1) is 0 Å². The molecule has 5 heteroatoms. The van der Waals surface area contributed by atoms with Crippen LogP contribution in [0.25, 0.3) is 0 Å². The van der Waals surface area contributed by atoms with E-state index in [0.29, 0.717) is 6.54 Å². The summed E-state index contributed by atoms with van der Waals surface area (Å²) >= 11 is 3.50. The molecule has 0 bridgehead atoms. The lowest BCUT2D eigenvalue weighted by atomic mass is 10.1. The third-order valence-corrected chi connectivity index (χ3v) is 3.97. The highest BCUT2D eigenvalue weighted by Crippen LogP contribution is 2.15. The van der Waals surface area contributed by atoms with Crippen molar-refractivity contribution < 1.29 is 4.79 Å². The molecule has 0 saturated heterocycles. The van der Waals surface area contributed by atoms with Gasteiger partial charge in [0.15, 0.2) is 0 Å². The van der Waals surface area contributed by atoms with Crippen molar-refractivity contribution in [1.82, 2.24) is 15.6 Å². The van der Waals surface area contributed by atoms with Crippen LogP contribution in [0.15, 0.2) is 53.3 Å². The number of nitrogens with zero attached hydrogens (tertiary/aromatic N) is 1. The Morgan fingerprint density at radius 1 is 1.24 bits per heavy atom. The van der Waals surface area contributed by atoms with Crippen LogP contribution in [-0.2, 0) is 6.42 Å². The third kappa shape index (κ3) is 4.86. The number of urea groups is 1. The number of halogens is 1. The number of amides is 2. The van der Waals surface area contributed by atoms with Crippen LogP contribution in [-0.4, -0.2) is 17.6 Å². The summed E-state index contributed by atoms with van der Waals surface area (Å²) in [5.74, 6) is 0. The second-order valence-electron chi connectivity index (χ2n) is 4.74. The van der Waals surface area contributed by atoms with Gasteiger partial charge in [-0.3, -0.25) is 4.98 Å². The van der Waals surface area contributed by atoms with E-state index in [2.05, 4.69) is 31.5 Å². The molecule has 1 aromatic carbocycles. The van der Waals surface area contributed by atoms with Gasteiger partial charge >= 0.3 is 6.03 Å². The van der Waals surface area contributed by atoms with Crippen LogP contribution < -0.4 is 10.6 Å². The molecule has 0 spiro atoms. The molecule has 0 radical (unpaired) electrons. The molecule has 110 valence electrons. The van der Waals surface area contributed by atoms with Crippen molar-refractivity contribution >= 4 is 22.0 Å². The van der Waals surface area contributed by atoms with Crippen molar-refractivity contribution in [2.45, 2.75) is 19.4 Å². The summed E-state index contributed by atoms with van der Waals surface area (Å²) in [5, 5.41) is 5.78. The summed E-state index contributed by atoms with van der Waals surface area (Å²) in [6.45, 7) is 2.54. The van der Waals surface area contributed by atoms with Gasteiger partial charge in [-0.25, -0.2) is 4.79 Å². The van der Waals surface area contributed by atoms with Gasteiger partial charge in [-0.05, 0) is 42.7 Å². The summed E-state index contributed by atoms with van der Waals surface area (Å²) in [4.78, 5) is 15.8. The smallest absolute Gasteiger partial charge is 0.315 e. The Morgan fingerprint density at radius 2 is 1.95 bits per heavy atom. The van der Waals surface area contributed by atoms with Gasteiger partial charge in [0.25, 0.3) is 0 Å². The first-order chi connectivity index (χ1) is 10.2. The molecule has 0 aliphatic rings. The number of hydrogen-bond donors (Lipinski definition) is 2. The zero-order valence-corrected chi connectivity index (χ0v) is 13.4. The first-order valence-corrected chi connectivity index (χ1v) is 7.64. The highest BCUT2D eigenvalue weighted by atomic mass is 79.9. The lowest BCUT2D eigenvalue weighted by Gasteiger charge is -2.15. The van der Waals surface area contributed by atoms with E-state index < -0.39 is 0 Å². The molecule has 1 heterocycles. The third-order valence-electron chi connectivity index (χ3n) is 3.19. The Hall–Kier alpha value is -1.88. The maximum Gasteiger partial charge on any atom is 0.315 e. The molecule has 0 aliphatic carbocycles. The molecule has 0 fully saturated rings. The highest BCUT2D eigenvalue weighted by molar-refractivity contribution is 9.10. The maximum atomic E-state index is 11.9. The van der Waals surface area contributed by atoms with Gasteiger partial charge in [-0.1, -0.05) is 34.1 Å². The molecule has 0 saturated carbocycles. The average Bonchev–Trinajstić information content (AvgIpc) is 2.50. The summed E-state index contributed by atoms with van der Waals surface area (Å²) in [7, 11) is 0. The predicted octanol–water partition coefficient (Wildman–Crippen LogP) is 3.45. The number of carbonyl (C=O) groups excluding carboxylic acids is 1. The first kappa shape index (κ1) is 15.5. The molecule has 2 amide bonds. The molecular formula is C16H18BrN3O. The van der Waals surface area contributed by atoms with Gasteiger partial charge in [-0.15, -0.1) is 0 Å². The fraction of sp³-hybridized carbons (Fsp3) is 0.250. The van der Waals surface area contributed by atoms with Crippen molar-refractivity contribution in [2.24, 2.45) is 0 Å². The Labute approximate surface area is 133 Å². The van der Waals surface area contributed by atoms with Crippen LogP contribution in [0.2, 0.25) is 0 Å². The number of pyridine rings is 1. The van der Waals surface area contributed by atoms with Gasteiger partial charge < -0.3 is 10.6 Å². The summed E-state index contributed by atoms with van der Waals surface area (Å²) < 4.78 is 1.07. The molecule has 0 aliphatic heterocycles. The number of carbonyl (C=O) groups is 1. The molecule has 1 aromatic heterocycles. The van der Waals surface area contributed by atoms with E-state index in [1.165, 1.54) is 5.56 Å². The molecule has 1 atom stereocenters. The van der Waals surface area contributed by atoms with Crippen molar-refractivity contribution in [3.63, 3.8) is 0 Å². The van der Waals surface area contributed by atoms with Gasteiger partial charge in [-0.2, -0.15) is 0 Å². The molecule has 4 nitrogen and oxygen atoms in total. The predicted molar refractivity (Wildman–Crippen MR) is 87.0 cm³/mol. The Bertz CT molecular complexity index is 589. The van der Waals surface area contributed by atoms with Crippen LogP contribution in [0.4, 0.5) is 4.79 Å². The van der Waals surface area contributed by atoms with Gasteiger partial charge in [0.05, 0.1) is 6.04 Å². The molecule has 2 aromatic rings. The Kier molecular flexibility index (Phi) is 5.75. The minimum absolute atomic E-state index is 0.0449. The fourth-order valence-electron chi connectivity index (χ4n) is 1.99. The van der Waals surface area contributed by atoms with Crippen molar-refractivity contribution in [1.29, 1.82) is 0 Å². The SMILES string of the molecule is C[C@H](NC(=O)NCCc1ccccc1Br)c1ccncc1. The topological polar surface area (TPSA) is 54.0 Å². The van der Waals surface area contributed by atoms with E-state index in [-0.39, 0.29) is 12.1 Å². The van der Waals surface area contributed by atoms with Crippen molar-refractivity contribution in [3.05, 3.63) is 64.4 Å². The van der Waals surface area contributed by atoms with E-state index in [9.17, 15) is 4.79 Å². The highest BCUT2D eigenvalue weighted by Gasteiger charge is 2.08. The monoisotopic (exact) mass is 347 g/mol. The number of nitrogens with one attached hydrogen (secondary N) is 2. The zero-order valence-electron chi connectivity index (χ0n) is 11.8. The summed E-state index contributed by atoms with van der Waals surface area (Å²) in [6.07, 6.45) is 4.23. The quantitative estimate of drug-likeness (QED) is 0.870. The van der Waals surface area contributed by atoms with E-state index in [1.807, 2.05) is 43.3 Å². The Balaban J connectivity index is 1.76. The molecule has 2 N–H and O–H groups in total. The lowest BCUT2D eigenvalue weighted by molar-refractivity contribution is 0.238. The molecule has 2 rings (SSSR count). The molecular weight excluding hydrogens is 330 g/mol. The van der Waals surface area contributed by atoms with Crippen LogP contribution in [0.1, 0.15) is 24.1 Å². The standard InChI is InChI=1S/C16H18BrN3O/c1-12(13-6-9-18-10-7-13)20-16(21)19-11-8-14-4-2-3-5-15(14)17/h2-7,9-10,12H,8,11H2,1H3,(H2,19,20,21)/t12-/m0/s1. The Morgan fingerprint density at radius 3 is 2.67 bits per heavy atom. The van der Waals surface area contributed by atoms with Gasteiger partial charge in [0.1, 0.15) is 0 Å². The van der Waals surface area contributed by atoms with Crippen molar-refractivity contribution in [2.75, 3.05) is 6.54 Å². The molecule has 0 unspecified atom stereocenters. The largest absolute Gasteiger partial charge is 0.338 e. The zero-order chi connectivity index (χ0) is 15.1. The fourth-order valence-corrected chi connectivity index (χ4v) is 2.48. The van der Waals surface area contributed by atoms with Gasteiger partial charge in [0, 0.05) is 23.4 Å². The van der Waals surface area contributed by atoms with Crippen LogP contribution >= 0.6 is 15.9 Å². The molecule has 21 heavy (non-hydrogen) atoms. The second-order valence-corrected chi connectivity index (χ2v) is 5.60. The summed E-state index contributed by atoms with van der Waals surface area (Å²) in [6, 6.07) is 11.6. The average molecular weight is 348 g/mol. The minimum atomic E-state index is -0.161. The number of rotatable bonds is 5. The van der Waals surface area contributed by atoms with E-state index >= 15 is 0 Å².